The Morgan fingerprint density at radius 3 is 2.32 bits per heavy atom. The quantitative estimate of drug-likeness (QED) is 0.512. The molecular weight excluding hydrogens is 468 g/mol. The molecule has 5 rings (SSSR count). The van der Waals surface area contributed by atoms with Gasteiger partial charge in [-0.3, -0.25) is 14.5 Å². The van der Waals surface area contributed by atoms with Crippen molar-refractivity contribution in [2.24, 2.45) is 11.8 Å². The number of aromatic nitrogens is 1. The molecule has 0 spiro atoms. The molecule has 3 heterocycles. The first-order valence-corrected chi connectivity index (χ1v) is 12.9. The fourth-order valence-electron chi connectivity index (χ4n) is 6.01. The van der Waals surface area contributed by atoms with Gasteiger partial charge in [0, 0.05) is 55.3 Å². The number of hydrogen-bond acceptors (Lipinski definition) is 5. The Kier molecular flexibility index (Phi) is 6.86. The highest BCUT2D eigenvalue weighted by Gasteiger charge is 2.42. The van der Waals surface area contributed by atoms with Gasteiger partial charge in [-0.2, -0.15) is 0 Å². The molecule has 2 saturated heterocycles. The van der Waals surface area contributed by atoms with Gasteiger partial charge in [0.05, 0.1) is 26.5 Å². The Hall–Kier alpha value is -3.52. The van der Waals surface area contributed by atoms with Gasteiger partial charge in [0.25, 0.3) is 5.91 Å². The Morgan fingerprint density at radius 2 is 1.70 bits per heavy atom. The molecule has 1 aromatic heterocycles. The summed E-state index contributed by atoms with van der Waals surface area (Å²) in [5.74, 6) is 2.59. The maximum absolute atomic E-state index is 13.5. The summed E-state index contributed by atoms with van der Waals surface area (Å²) < 4.78 is 10.9. The number of amides is 2. The summed E-state index contributed by atoms with van der Waals surface area (Å²) in [6, 6.07) is 11.9. The van der Waals surface area contributed by atoms with E-state index in [0.29, 0.717) is 29.9 Å². The number of ether oxygens (including phenoxy) is 2. The smallest absolute Gasteiger partial charge is 0.253 e. The van der Waals surface area contributed by atoms with Crippen LogP contribution in [0.5, 0.6) is 11.5 Å². The first-order chi connectivity index (χ1) is 17.8. The van der Waals surface area contributed by atoms with Crippen molar-refractivity contribution in [2.75, 3.05) is 54.0 Å². The van der Waals surface area contributed by atoms with Gasteiger partial charge in [-0.1, -0.05) is 13.8 Å². The molecule has 2 atom stereocenters. The number of methoxy groups -OCH3 is 2. The van der Waals surface area contributed by atoms with Crippen molar-refractivity contribution >= 4 is 22.7 Å². The van der Waals surface area contributed by atoms with E-state index in [4.69, 9.17) is 9.47 Å². The third-order valence-corrected chi connectivity index (χ3v) is 7.83. The second-order valence-corrected chi connectivity index (χ2v) is 10.5. The number of benzene rings is 2. The number of aromatic amines is 1. The van der Waals surface area contributed by atoms with E-state index >= 15 is 0 Å². The number of carbonyl (C=O) groups excluding carboxylic acids is 2. The highest BCUT2D eigenvalue weighted by atomic mass is 16.5. The lowest BCUT2D eigenvalue weighted by molar-refractivity contribution is -0.121. The summed E-state index contributed by atoms with van der Waals surface area (Å²) in [7, 11) is 4.94. The van der Waals surface area contributed by atoms with E-state index in [9.17, 15) is 9.59 Å². The molecule has 0 bridgehead atoms. The van der Waals surface area contributed by atoms with Crippen LogP contribution in [0.25, 0.3) is 22.2 Å². The highest BCUT2D eigenvalue weighted by molar-refractivity contribution is 6.01. The molecule has 8 heteroatoms. The lowest BCUT2D eigenvalue weighted by Crippen LogP contribution is -2.37. The first kappa shape index (κ1) is 25.1. The number of likely N-dealkylation sites (tertiary alicyclic amines) is 2. The van der Waals surface area contributed by atoms with Crippen molar-refractivity contribution in [2.45, 2.75) is 19.8 Å². The molecule has 0 radical (unpaired) electrons. The summed E-state index contributed by atoms with van der Waals surface area (Å²) in [6.07, 6.45) is 0. The number of hydrogen-bond donors (Lipinski definition) is 2. The fourth-order valence-corrected chi connectivity index (χ4v) is 6.01. The van der Waals surface area contributed by atoms with Crippen LogP contribution in [-0.4, -0.2) is 80.6 Å². The minimum atomic E-state index is 0.0427. The maximum Gasteiger partial charge on any atom is 0.253 e. The summed E-state index contributed by atoms with van der Waals surface area (Å²) in [5, 5.41) is 3.77. The SMILES string of the molecule is CNC(=O)CN1CC2CN(C(=O)c3ccc4[nH]c(-c5ccc(OC)c(OC)c5)c(C(C)C)c4c3)CC2C1. The average Bonchev–Trinajstić information content (AvgIpc) is 3.58. The van der Waals surface area contributed by atoms with Crippen molar-refractivity contribution in [3.8, 4) is 22.8 Å². The van der Waals surface area contributed by atoms with Crippen LogP contribution >= 0.6 is 0 Å². The molecule has 2 amide bonds. The fraction of sp³-hybridized carbons (Fsp3) is 0.448. The largest absolute Gasteiger partial charge is 0.493 e. The van der Waals surface area contributed by atoms with Crippen molar-refractivity contribution in [1.29, 1.82) is 0 Å². The summed E-state index contributed by atoms with van der Waals surface area (Å²) in [5.41, 5.74) is 4.95. The Bertz CT molecular complexity index is 1320. The number of likely N-dealkylation sites (N-methyl/N-ethyl adjacent to an activating group) is 1. The lowest BCUT2D eigenvalue weighted by Gasteiger charge is -2.21. The first-order valence-electron chi connectivity index (χ1n) is 12.9. The van der Waals surface area contributed by atoms with Gasteiger partial charge in [0.1, 0.15) is 0 Å². The normalized spacial score (nSPS) is 19.5. The van der Waals surface area contributed by atoms with Crippen molar-refractivity contribution in [3.63, 3.8) is 0 Å². The summed E-state index contributed by atoms with van der Waals surface area (Å²) in [4.78, 5) is 33.1. The standard InChI is InChI=1S/C29H36N4O4/c1-17(2)27-22-10-19(29(35)33-14-20-12-32(13-21(20)15-33)16-26(34)30-3)6-8-23(22)31-28(27)18-7-9-24(36-4)25(11-18)37-5/h6-11,17,20-21,31H,12-16H2,1-5H3,(H,30,34). The van der Waals surface area contributed by atoms with Gasteiger partial charge in [0.15, 0.2) is 11.5 Å². The molecule has 196 valence electrons. The van der Waals surface area contributed by atoms with Gasteiger partial charge >= 0.3 is 0 Å². The molecule has 2 aliphatic rings. The zero-order valence-corrected chi connectivity index (χ0v) is 22.3. The molecular formula is C29H36N4O4. The topological polar surface area (TPSA) is 86.9 Å². The van der Waals surface area contributed by atoms with E-state index in [2.05, 4.69) is 29.0 Å². The number of nitrogens with one attached hydrogen (secondary N) is 2. The Morgan fingerprint density at radius 1 is 1.00 bits per heavy atom. The third-order valence-electron chi connectivity index (χ3n) is 7.83. The number of rotatable bonds is 7. The van der Waals surface area contributed by atoms with Gasteiger partial charge in [-0.15, -0.1) is 0 Å². The number of fused-ring (bicyclic) bond motifs is 2. The van der Waals surface area contributed by atoms with Crippen LogP contribution in [0.4, 0.5) is 0 Å². The molecule has 3 aromatic rings. The van der Waals surface area contributed by atoms with E-state index < -0.39 is 0 Å². The average molecular weight is 505 g/mol. The predicted octanol–water partition coefficient (Wildman–Crippen LogP) is 3.73. The summed E-state index contributed by atoms with van der Waals surface area (Å²) in [6.45, 7) is 8.00. The summed E-state index contributed by atoms with van der Waals surface area (Å²) >= 11 is 0. The zero-order valence-electron chi connectivity index (χ0n) is 22.3. The Balaban J connectivity index is 1.40. The molecule has 37 heavy (non-hydrogen) atoms. The minimum Gasteiger partial charge on any atom is -0.493 e. The Labute approximate surface area is 217 Å². The molecule has 2 unspecified atom stereocenters. The van der Waals surface area contributed by atoms with Gasteiger partial charge in [-0.25, -0.2) is 0 Å². The van der Waals surface area contributed by atoms with Crippen LogP contribution < -0.4 is 14.8 Å². The second-order valence-electron chi connectivity index (χ2n) is 10.5. The van der Waals surface area contributed by atoms with E-state index in [1.165, 1.54) is 5.56 Å². The van der Waals surface area contributed by atoms with Crippen LogP contribution in [0.3, 0.4) is 0 Å². The molecule has 2 fully saturated rings. The van der Waals surface area contributed by atoms with E-state index in [1.54, 1.807) is 21.3 Å². The predicted molar refractivity (Wildman–Crippen MR) is 144 cm³/mol. The lowest BCUT2D eigenvalue weighted by atomic mass is 9.95. The molecule has 8 nitrogen and oxygen atoms in total. The molecule has 0 saturated carbocycles. The second kappa shape index (κ2) is 10.1. The van der Waals surface area contributed by atoms with E-state index in [-0.39, 0.29) is 17.7 Å². The van der Waals surface area contributed by atoms with Gasteiger partial charge in [-0.05, 0) is 59.7 Å². The molecule has 2 aliphatic heterocycles. The highest BCUT2D eigenvalue weighted by Crippen LogP contribution is 2.39. The number of H-pyrrole nitrogens is 1. The van der Waals surface area contributed by atoms with Gasteiger partial charge in [0.2, 0.25) is 5.91 Å². The van der Waals surface area contributed by atoms with E-state index in [0.717, 1.165) is 53.9 Å². The van der Waals surface area contributed by atoms with Gasteiger partial charge < -0.3 is 24.7 Å². The van der Waals surface area contributed by atoms with Crippen molar-refractivity contribution in [3.05, 3.63) is 47.5 Å². The minimum absolute atomic E-state index is 0.0427. The van der Waals surface area contributed by atoms with Crippen LogP contribution in [0.15, 0.2) is 36.4 Å². The molecule has 2 aromatic carbocycles. The number of nitrogens with zero attached hydrogens (tertiary/aromatic N) is 2. The zero-order chi connectivity index (χ0) is 26.3. The maximum atomic E-state index is 13.5. The molecule has 0 aliphatic carbocycles. The monoisotopic (exact) mass is 504 g/mol. The third kappa shape index (κ3) is 4.66. The van der Waals surface area contributed by atoms with E-state index in [1.807, 2.05) is 41.3 Å². The molecule has 2 N–H and O–H groups in total. The van der Waals surface area contributed by atoms with Crippen LogP contribution in [0.1, 0.15) is 35.7 Å². The number of carbonyl (C=O) groups is 2. The van der Waals surface area contributed by atoms with Crippen molar-refractivity contribution in [1.82, 2.24) is 20.1 Å². The van der Waals surface area contributed by atoms with Crippen LogP contribution in [-0.2, 0) is 4.79 Å². The van der Waals surface area contributed by atoms with Crippen LogP contribution in [0, 0.1) is 11.8 Å². The van der Waals surface area contributed by atoms with Crippen molar-refractivity contribution < 1.29 is 19.1 Å². The van der Waals surface area contributed by atoms with Crippen LogP contribution in [0.2, 0.25) is 0 Å².